The summed E-state index contributed by atoms with van der Waals surface area (Å²) in [6.07, 6.45) is 9.53. The number of aromatic nitrogens is 2. The van der Waals surface area contributed by atoms with E-state index >= 15 is 0 Å². The molecule has 2 heterocycles. The number of rotatable bonds is 7. The van der Waals surface area contributed by atoms with E-state index in [4.69, 9.17) is 0 Å². The second-order valence-corrected chi connectivity index (χ2v) is 12.3. The van der Waals surface area contributed by atoms with Gasteiger partial charge in [0.05, 0.1) is 6.33 Å². The number of hydrogen-bond donors (Lipinski definition) is 1. The average Bonchev–Trinajstić information content (AvgIpc) is 3.24. The molecule has 2 aliphatic carbocycles. The van der Waals surface area contributed by atoms with Crippen molar-refractivity contribution >= 4 is 10.0 Å². The molecule has 0 spiro atoms. The zero-order chi connectivity index (χ0) is 24.0. The second-order valence-electron chi connectivity index (χ2n) is 10.6. The lowest BCUT2D eigenvalue weighted by atomic mass is 9.71. The number of nitrogens with one attached hydrogen (secondary N) is 1. The number of aryl methyl sites for hydroxylation is 2. The van der Waals surface area contributed by atoms with Crippen molar-refractivity contribution in [1.29, 1.82) is 0 Å². The summed E-state index contributed by atoms with van der Waals surface area (Å²) >= 11 is 0. The van der Waals surface area contributed by atoms with Crippen molar-refractivity contribution < 1.29 is 8.42 Å². The highest BCUT2D eigenvalue weighted by atomic mass is 32.2. The Labute approximate surface area is 208 Å². The average molecular weight is 491 g/mol. The van der Waals surface area contributed by atoms with Gasteiger partial charge in [-0.05, 0) is 79.8 Å². The Kier molecular flexibility index (Phi) is 6.03. The fourth-order valence-corrected chi connectivity index (χ4v) is 7.41. The predicted octanol–water partition coefficient (Wildman–Crippen LogP) is 3.99. The fraction of sp³-hybridized carbons (Fsp3) is 0.464. The Morgan fingerprint density at radius 3 is 2.57 bits per heavy atom. The van der Waals surface area contributed by atoms with Crippen LogP contribution in [0, 0.1) is 0 Å². The Hall–Kier alpha value is -2.48. The standard InChI is InChI=1S/C28H34N4O2S/c1-31-18-28(29-19-31)35(33,34)30-24-15-23(16-24)22-9-8-21-10-11-27(32-12-5-13-32)26(25(21)17-22)14-20-6-3-2-4-7-20/h2-4,6-9,17-19,23-24,26-27,30H,5,10-16H2,1H3/t23-,24-,26-,27+/m1/s1. The zero-order valence-electron chi connectivity index (χ0n) is 20.3. The number of hydrogen-bond acceptors (Lipinski definition) is 4. The molecule has 1 aliphatic heterocycles. The van der Waals surface area contributed by atoms with Crippen LogP contribution in [0.2, 0.25) is 0 Å². The lowest BCUT2D eigenvalue weighted by Gasteiger charge is -2.46. The largest absolute Gasteiger partial charge is 0.339 e. The Morgan fingerprint density at radius 2 is 1.89 bits per heavy atom. The predicted molar refractivity (Wildman–Crippen MR) is 137 cm³/mol. The van der Waals surface area contributed by atoms with Gasteiger partial charge < -0.3 is 4.57 Å². The smallest absolute Gasteiger partial charge is 0.259 e. The van der Waals surface area contributed by atoms with Gasteiger partial charge in [-0.15, -0.1) is 0 Å². The maximum absolute atomic E-state index is 12.6. The van der Waals surface area contributed by atoms with E-state index in [1.807, 2.05) is 0 Å². The molecule has 1 aromatic heterocycles. The molecule has 3 aliphatic rings. The molecule has 3 aromatic rings. The minimum absolute atomic E-state index is 0.0306. The molecule has 0 amide bonds. The molecule has 1 saturated carbocycles. The molecule has 35 heavy (non-hydrogen) atoms. The number of fused-ring (bicyclic) bond motifs is 1. The van der Waals surface area contributed by atoms with Gasteiger partial charge in [-0.1, -0.05) is 48.5 Å². The van der Waals surface area contributed by atoms with Crippen LogP contribution in [0.25, 0.3) is 0 Å². The van der Waals surface area contributed by atoms with Crippen LogP contribution < -0.4 is 4.72 Å². The van der Waals surface area contributed by atoms with Crippen LogP contribution in [0.4, 0.5) is 0 Å². The minimum atomic E-state index is -3.56. The van der Waals surface area contributed by atoms with E-state index in [2.05, 4.69) is 63.1 Å². The summed E-state index contributed by atoms with van der Waals surface area (Å²) in [6.45, 7) is 2.46. The van der Waals surface area contributed by atoms with Crippen molar-refractivity contribution in [3.05, 3.63) is 83.3 Å². The Bertz CT molecular complexity index is 1290. The van der Waals surface area contributed by atoms with Gasteiger partial charge >= 0.3 is 0 Å². The minimum Gasteiger partial charge on any atom is -0.339 e. The van der Waals surface area contributed by atoms with Crippen molar-refractivity contribution in [2.24, 2.45) is 7.05 Å². The lowest BCUT2D eigenvalue weighted by Crippen LogP contribution is -2.50. The zero-order valence-corrected chi connectivity index (χ0v) is 21.1. The summed E-state index contributed by atoms with van der Waals surface area (Å²) in [6, 6.07) is 18.6. The van der Waals surface area contributed by atoms with E-state index in [0.717, 1.165) is 25.7 Å². The monoisotopic (exact) mass is 490 g/mol. The molecule has 2 atom stereocenters. The normalized spacial score (nSPS) is 26.5. The van der Waals surface area contributed by atoms with Crippen molar-refractivity contribution in [2.45, 2.75) is 67.5 Å². The summed E-state index contributed by atoms with van der Waals surface area (Å²) in [5.74, 6) is 0.915. The molecule has 0 unspecified atom stereocenters. The first kappa shape index (κ1) is 23.0. The van der Waals surface area contributed by atoms with E-state index in [1.165, 1.54) is 54.5 Å². The van der Waals surface area contributed by atoms with Gasteiger partial charge in [0.25, 0.3) is 10.0 Å². The number of likely N-dealkylation sites (tertiary alicyclic amines) is 1. The molecule has 0 bridgehead atoms. The summed E-state index contributed by atoms with van der Waals surface area (Å²) in [7, 11) is -1.79. The van der Waals surface area contributed by atoms with Gasteiger partial charge in [0, 0.05) is 31.2 Å². The quantitative estimate of drug-likeness (QED) is 0.544. The summed E-state index contributed by atoms with van der Waals surface area (Å²) < 4.78 is 29.8. The van der Waals surface area contributed by atoms with E-state index in [0.29, 0.717) is 17.9 Å². The van der Waals surface area contributed by atoms with Crippen LogP contribution in [0.5, 0.6) is 0 Å². The first-order chi connectivity index (χ1) is 17.0. The molecule has 1 saturated heterocycles. The SMILES string of the molecule is Cn1cnc(S(=O)(=O)N[C@H]2C[C@H](c3ccc4c(c3)[C@@H](Cc3ccccc3)[C@@H](N3CCC3)CC4)C2)c1. The molecule has 6 rings (SSSR count). The van der Waals surface area contributed by atoms with Crippen molar-refractivity contribution in [1.82, 2.24) is 19.2 Å². The molecular weight excluding hydrogens is 456 g/mol. The summed E-state index contributed by atoms with van der Waals surface area (Å²) in [5.41, 5.74) is 5.79. The van der Waals surface area contributed by atoms with Gasteiger partial charge in [-0.2, -0.15) is 0 Å². The first-order valence-electron chi connectivity index (χ1n) is 12.9. The van der Waals surface area contributed by atoms with Crippen LogP contribution in [0.15, 0.2) is 66.1 Å². The highest BCUT2D eigenvalue weighted by Gasteiger charge is 2.38. The summed E-state index contributed by atoms with van der Waals surface area (Å²) in [4.78, 5) is 6.70. The fourth-order valence-electron chi connectivity index (χ4n) is 6.17. The molecule has 7 heteroatoms. The first-order valence-corrected chi connectivity index (χ1v) is 14.4. The molecule has 184 valence electrons. The van der Waals surface area contributed by atoms with Crippen molar-refractivity contribution in [3.8, 4) is 0 Å². The van der Waals surface area contributed by atoms with Gasteiger partial charge in [0.2, 0.25) is 0 Å². The lowest BCUT2D eigenvalue weighted by molar-refractivity contribution is 0.0876. The highest BCUT2D eigenvalue weighted by Crippen LogP contribution is 2.43. The number of nitrogens with zero attached hydrogens (tertiary/aromatic N) is 3. The van der Waals surface area contributed by atoms with Crippen LogP contribution >= 0.6 is 0 Å². The maximum Gasteiger partial charge on any atom is 0.259 e. The number of imidazole rings is 1. The van der Waals surface area contributed by atoms with Crippen molar-refractivity contribution in [2.75, 3.05) is 13.1 Å². The molecule has 6 nitrogen and oxygen atoms in total. The molecule has 0 radical (unpaired) electrons. The molecular formula is C28H34N4O2S. The molecule has 2 aromatic carbocycles. The van der Waals surface area contributed by atoms with Gasteiger partial charge in [-0.25, -0.2) is 18.1 Å². The number of sulfonamides is 1. The Balaban J connectivity index is 1.19. The van der Waals surface area contributed by atoms with E-state index in [-0.39, 0.29) is 11.1 Å². The second kappa shape index (κ2) is 9.19. The van der Waals surface area contributed by atoms with Crippen LogP contribution in [0.1, 0.15) is 59.8 Å². The topological polar surface area (TPSA) is 67.2 Å². The molecule has 2 fully saturated rings. The van der Waals surface area contributed by atoms with Gasteiger partial charge in [0.1, 0.15) is 0 Å². The number of benzene rings is 2. The third-order valence-electron chi connectivity index (χ3n) is 8.29. The van der Waals surface area contributed by atoms with Crippen molar-refractivity contribution in [3.63, 3.8) is 0 Å². The summed E-state index contributed by atoms with van der Waals surface area (Å²) in [5, 5.41) is 0.0954. The highest BCUT2D eigenvalue weighted by molar-refractivity contribution is 7.89. The molecule has 1 N–H and O–H groups in total. The Morgan fingerprint density at radius 1 is 1.09 bits per heavy atom. The maximum atomic E-state index is 12.6. The van der Waals surface area contributed by atoms with Crippen LogP contribution in [0.3, 0.4) is 0 Å². The third-order valence-corrected chi connectivity index (χ3v) is 9.69. The van der Waals surface area contributed by atoms with Crippen LogP contribution in [-0.4, -0.2) is 48.0 Å². The van der Waals surface area contributed by atoms with E-state index in [9.17, 15) is 8.42 Å². The third kappa shape index (κ3) is 4.57. The van der Waals surface area contributed by atoms with E-state index in [1.54, 1.807) is 17.8 Å². The van der Waals surface area contributed by atoms with E-state index < -0.39 is 10.0 Å². The van der Waals surface area contributed by atoms with Crippen LogP contribution in [-0.2, 0) is 29.9 Å². The van der Waals surface area contributed by atoms with Gasteiger partial charge in [-0.3, -0.25) is 4.90 Å². The van der Waals surface area contributed by atoms with Gasteiger partial charge in [0.15, 0.2) is 5.03 Å².